The third-order valence-electron chi connectivity index (χ3n) is 1.33. The summed E-state index contributed by atoms with van der Waals surface area (Å²) in [5, 5.41) is 0. The Morgan fingerprint density at radius 3 is 1.85 bits per heavy atom. The first-order valence-electron chi connectivity index (χ1n) is 3.65. The molecule has 0 unspecified atom stereocenters. The molecule has 0 rings (SSSR count). The minimum Gasteiger partial charge on any atom is -0.355 e. The number of thiol groups is 1. The SMILES string of the molecule is CO[Si](OC)(OC)OCCCS.[SiH4]. The molecule has 0 atom stereocenters. The van der Waals surface area contributed by atoms with Gasteiger partial charge in [0.05, 0.1) is 0 Å². The first kappa shape index (κ1) is 16.1. The Morgan fingerprint density at radius 1 is 1.08 bits per heavy atom. The predicted octanol–water partition coefficient (Wildman–Crippen LogP) is -0.754. The van der Waals surface area contributed by atoms with Gasteiger partial charge in [-0.1, -0.05) is 0 Å². The highest BCUT2D eigenvalue weighted by Gasteiger charge is 2.41. The molecule has 0 radical (unpaired) electrons. The maximum atomic E-state index is 5.34. The highest BCUT2D eigenvalue weighted by molar-refractivity contribution is 7.80. The molecule has 4 nitrogen and oxygen atoms in total. The first-order chi connectivity index (χ1) is 5.74. The van der Waals surface area contributed by atoms with Gasteiger partial charge in [0.1, 0.15) is 0 Å². The van der Waals surface area contributed by atoms with Crippen molar-refractivity contribution in [2.45, 2.75) is 6.42 Å². The quantitative estimate of drug-likeness (QED) is 0.363. The van der Waals surface area contributed by atoms with E-state index in [0.717, 1.165) is 12.2 Å². The van der Waals surface area contributed by atoms with Crippen molar-refractivity contribution in [2.24, 2.45) is 0 Å². The van der Waals surface area contributed by atoms with E-state index >= 15 is 0 Å². The third kappa shape index (κ3) is 5.84. The second-order valence-corrected chi connectivity index (χ2v) is 5.00. The monoisotopic (exact) mass is 244 g/mol. The van der Waals surface area contributed by atoms with Gasteiger partial charge in [-0.3, -0.25) is 0 Å². The topological polar surface area (TPSA) is 36.9 Å². The first-order valence-corrected chi connectivity index (χ1v) is 5.91. The summed E-state index contributed by atoms with van der Waals surface area (Å²) in [6.45, 7) is 0.547. The summed E-state index contributed by atoms with van der Waals surface area (Å²) in [7, 11) is 1.75. The molecule has 0 aromatic rings. The molecule has 0 aliphatic rings. The smallest absolute Gasteiger partial charge is 0.355 e. The van der Waals surface area contributed by atoms with Gasteiger partial charge in [-0.15, -0.1) is 0 Å². The molecule has 82 valence electrons. The van der Waals surface area contributed by atoms with E-state index in [9.17, 15) is 0 Å². The fourth-order valence-corrected chi connectivity index (χ4v) is 2.07. The van der Waals surface area contributed by atoms with Gasteiger partial charge in [0, 0.05) is 27.9 Å². The van der Waals surface area contributed by atoms with E-state index in [1.807, 2.05) is 0 Å². The molecule has 0 saturated heterocycles. The van der Waals surface area contributed by atoms with Crippen molar-refractivity contribution < 1.29 is 17.7 Å². The Morgan fingerprint density at radius 2 is 1.54 bits per heavy atom. The van der Waals surface area contributed by atoms with Crippen LogP contribution in [-0.4, -0.2) is 53.7 Å². The van der Waals surface area contributed by atoms with Gasteiger partial charge in [0.2, 0.25) is 0 Å². The molecule has 7 heteroatoms. The third-order valence-corrected chi connectivity index (χ3v) is 3.71. The largest absolute Gasteiger partial charge is 0.678 e. The van der Waals surface area contributed by atoms with Crippen LogP contribution in [0.2, 0.25) is 0 Å². The summed E-state index contributed by atoms with van der Waals surface area (Å²) in [4.78, 5) is 0. The molecule has 0 aliphatic heterocycles. The Bertz CT molecular complexity index is 105. The van der Waals surface area contributed by atoms with E-state index in [-0.39, 0.29) is 11.0 Å². The summed E-state index contributed by atoms with van der Waals surface area (Å²) in [6, 6.07) is 0. The maximum Gasteiger partial charge on any atom is 0.678 e. The Labute approximate surface area is 90.8 Å². The molecular formula is C6H20O4SSi2. The molecule has 0 aromatic carbocycles. The zero-order valence-electron chi connectivity index (χ0n) is 7.70. The van der Waals surface area contributed by atoms with Crippen molar-refractivity contribution in [2.75, 3.05) is 33.7 Å². The molecule has 0 N–H and O–H groups in total. The second kappa shape index (κ2) is 9.19. The lowest BCUT2D eigenvalue weighted by Crippen LogP contribution is -2.46. The second-order valence-electron chi connectivity index (χ2n) is 2.04. The van der Waals surface area contributed by atoms with Crippen molar-refractivity contribution >= 4 is 32.6 Å². The van der Waals surface area contributed by atoms with Crippen molar-refractivity contribution in [3.05, 3.63) is 0 Å². The van der Waals surface area contributed by atoms with Gasteiger partial charge in [0.15, 0.2) is 0 Å². The maximum absolute atomic E-state index is 5.34. The van der Waals surface area contributed by atoms with Crippen LogP contribution in [0.1, 0.15) is 6.42 Å². The van der Waals surface area contributed by atoms with Crippen LogP contribution >= 0.6 is 12.6 Å². The zero-order valence-corrected chi connectivity index (χ0v) is 9.60. The highest BCUT2D eigenvalue weighted by atomic mass is 32.1. The van der Waals surface area contributed by atoms with Crippen molar-refractivity contribution in [1.29, 1.82) is 0 Å². The molecular weight excluding hydrogens is 224 g/mol. The summed E-state index contributed by atoms with van der Waals surface area (Å²) < 4.78 is 20.4. The molecule has 0 aromatic heterocycles. The fraction of sp³-hybridized carbons (Fsp3) is 1.00. The lowest BCUT2D eigenvalue weighted by atomic mass is 10.5. The molecule has 0 heterocycles. The highest BCUT2D eigenvalue weighted by Crippen LogP contribution is 2.07. The van der Waals surface area contributed by atoms with Gasteiger partial charge in [-0.2, -0.15) is 12.6 Å². The molecule has 0 aliphatic carbocycles. The van der Waals surface area contributed by atoms with Gasteiger partial charge < -0.3 is 17.7 Å². The van der Waals surface area contributed by atoms with Crippen LogP contribution in [0.15, 0.2) is 0 Å². The number of hydrogen-bond acceptors (Lipinski definition) is 5. The summed E-state index contributed by atoms with van der Waals surface area (Å²) in [5.74, 6) is 0.779. The average Bonchev–Trinajstić information content (AvgIpc) is 2.14. The molecule has 0 amide bonds. The Hall–Kier alpha value is 0.624. The molecule has 0 fully saturated rings. The van der Waals surface area contributed by atoms with Crippen LogP contribution in [0, 0.1) is 0 Å². The van der Waals surface area contributed by atoms with Crippen LogP contribution in [0.3, 0.4) is 0 Å². The molecule has 0 spiro atoms. The van der Waals surface area contributed by atoms with Crippen molar-refractivity contribution in [1.82, 2.24) is 0 Å². The fourth-order valence-electron chi connectivity index (χ4n) is 0.688. The number of rotatable bonds is 7. The zero-order chi connectivity index (χ0) is 9.45. The standard InChI is InChI=1S/C6H16O4SSi.H4Si/c1-7-12(8-2,9-3)10-5-4-6-11;/h11H,4-6H2,1-3H3;1H4. The van der Waals surface area contributed by atoms with E-state index < -0.39 is 9.05 Å². The molecule has 0 saturated carbocycles. The van der Waals surface area contributed by atoms with E-state index in [1.54, 1.807) is 0 Å². The van der Waals surface area contributed by atoms with Gasteiger partial charge in [0.25, 0.3) is 0 Å². The van der Waals surface area contributed by atoms with Gasteiger partial charge in [-0.25, -0.2) is 0 Å². The van der Waals surface area contributed by atoms with E-state index in [1.165, 1.54) is 21.3 Å². The van der Waals surface area contributed by atoms with Crippen LogP contribution in [0.25, 0.3) is 0 Å². The van der Waals surface area contributed by atoms with Crippen molar-refractivity contribution in [3.8, 4) is 0 Å². The molecule has 0 bridgehead atoms. The summed E-state index contributed by atoms with van der Waals surface area (Å²) in [5.41, 5.74) is 0. The Balaban J connectivity index is 0. The van der Waals surface area contributed by atoms with E-state index in [0.29, 0.717) is 6.61 Å². The normalized spacial score (nSPS) is 11.1. The van der Waals surface area contributed by atoms with Gasteiger partial charge >= 0.3 is 9.05 Å². The number of hydrogen-bond donors (Lipinski definition) is 1. The predicted molar refractivity (Wildman–Crippen MR) is 62.5 cm³/mol. The van der Waals surface area contributed by atoms with Crippen LogP contribution in [0.4, 0.5) is 0 Å². The Kier molecular flexibility index (Phi) is 11.4. The van der Waals surface area contributed by atoms with Crippen LogP contribution in [0.5, 0.6) is 0 Å². The van der Waals surface area contributed by atoms with Crippen molar-refractivity contribution in [3.63, 3.8) is 0 Å². The van der Waals surface area contributed by atoms with Crippen LogP contribution in [-0.2, 0) is 17.7 Å². The lowest BCUT2D eigenvalue weighted by Gasteiger charge is -2.22. The average molecular weight is 244 g/mol. The molecule has 13 heavy (non-hydrogen) atoms. The van der Waals surface area contributed by atoms with Crippen LogP contribution < -0.4 is 0 Å². The summed E-state index contributed by atoms with van der Waals surface area (Å²) in [6.07, 6.45) is 0.855. The van der Waals surface area contributed by atoms with Gasteiger partial charge in [-0.05, 0) is 23.1 Å². The van der Waals surface area contributed by atoms with E-state index in [2.05, 4.69) is 12.6 Å². The lowest BCUT2D eigenvalue weighted by molar-refractivity contribution is 0.00629. The van der Waals surface area contributed by atoms with E-state index in [4.69, 9.17) is 17.7 Å². The minimum atomic E-state index is -2.79. The minimum absolute atomic E-state index is 0. The summed E-state index contributed by atoms with van der Waals surface area (Å²) >= 11 is 4.05.